The molecule has 1 aromatic rings. The first-order valence-electron chi connectivity index (χ1n) is 6.06. The minimum absolute atomic E-state index is 0.0136. The first-order valence-corrected chi connectivity index (χ1v) is 6.44. The fourth-order valence-corrected chi connectivity index (χ4v) is 2.78. The number of nitrogens with two attached hydrogens (primary N) is 1. The lowest BCUT2D eigenvalue weighted by Crippen LogP contribution is -2.33. The third kappa shape index (κ3) is 3.01. The smallest absolute Gasteiger partial charge is 0.125 e. The molecule has 0 spiro atoms. The largest absolute Gasteiger partial charge is 0.383 e. The molecule has 0 bridgehead atoms. The van der Waals surface area contributed by atoms with Crippen molar-refractivity contribution in [3.8, 4) is 0 Å². The number of hydrogen-bond acceptors (Lipinski definition) is 3. The van der Waals surface area contributed by atoms with E-state index in [0.29, 0.717) is 11.6 Å². The average Bonchev–Trinajstić information content (AvgIpc) is 2.66. The van der Waals surface area contributed by atoms with Crippen LogP contribution < -0.4 is 5.73 Å². The van der Waals surface area contributed by atoms with E-state index in [1.165, 1.54) is 12.1 Å². The summed E-state index contributed by atoms with van der Waals surface area (Å²) in [6, 6.07) is 4.65. The van der Waals surface area contributed by atoms with Crippen LogP contribution in [-0.4, -0.2) is 37.7 Å². The van der Waals surface area contributed by atoms with Gasteiger partial charge >= 0.3 is 0 Å². The maximum absolute atomic E-state index is 13.4. The topological polar surface area (TPSA) is 38.5 Å². The molecule has 1 saturated heterocycles. The maximum Gasteiger partial charge on any atom is 0.125 e. The number of benzene rings is 1. The Kier molecular flexibility index (Phi) is 4.56. The highest BCUT2D eigenvalue weighted by atomic mass is 35.5. The van der Waals surface area contributed by atoms with Gasteiger partial charge < -0.3 is 10.5 Å². The van der Waals surface area contributed by atoms with E-state index in [2.05, 4.69) is 4.90 Å². The van der Waals surface area contributed by atoms with E-state index in [-0.39, 0.29) is 17.9 Å². The van der Waals surface area contributed by atoms with Crippen LogP contribution in [0.1, 0.15) is 18.0 Å². The van der Waals surface area contributed by atoms with Gasteiger partial charge in [0.05, 0.1) is 12.6 Å². The first-order chi connectivity index (χ1) is 8.61. The van der Waals surface area contributed by atoms with Crippen LogP contribution in [0.3, 0.4) is 0 Å². The fourth-order valence-electron chi connectivity index (χ4n) is 2.55. The van der Waals surface area contributed by atoms with Crippen LogP contribution in [0.2, 0.25) is 5.02 Å². The van der Waals surface area contributed by atoms with Gasteiger partial charge in [0.1, 0.15) is 5.82 Å². The molecular weight excluding hydrogens is 255 g/mol. The maximum atomic E-state index is 13.4. The van der Waals surface area contributed by atoms with Crippen LogP contribution in [0.25, 0.3) is 0 Å². The fraction of sp³-hybridized carbons (Fsp3) is 0.538. The van der Waals surface area contributed by atoms with Crippen molar-refractivity contribution in [2.75, 3.05) is 26.8 Å². The van der Waals surface area contributed by atoms with Gasteiger partial charge in [-0.1, -0.05) is 11.6 Å². The Hall–Kier alpha value is -0.680. The quantitative estimate of drug-likeness (QED) is 0.913. The molecule has 1 aliphatic heterocycles. The van der Waals surface area contributed by atoms with Gasteiger partial charge in [-0.05, 0) is 30.2 Å². The number of ether oxygens (including phenoxy) is 1. The second-order valence-corrected chi connectivity index (χ2v) is 5.07. The number of rotatable bonds is 4. The summed E-state index contributed by atoms with van der Waals surface area (Å²) in [6.45, 7) is 2.35. The van der Waals surface area contributed by atoms with Crippen molar-refractivity contribution in [2.24, 2.45) is 5.73 Å². The Morgan fingerprint density at radius 3 is 2.94 bits per heavy atom. The number of methoxy groups -OCH3 is 1. The summed E-state index contributed by atoms with van der Waals surface area (Å²) in [5.41, 5.74) is 6.97. The predicted molar refractivity (Wildman–Crippen MR) is 70.2 cm³/mol. The molecule has 2 unspecified atom stereocenters. The Bertz CT molecular complexity index is 396. The summed E-state index contributed by atoms with van der Waals surface area (Å²) < 4.78 is 18.5. The molecular formula is C13H18ClFN2O. The Morgan fingerprint density at radius 2 is 2.28 bits per heavy atom. The van der Waals surface area contributed by atoms with Gasteiger partial charge in [0, 0.05) is 31.3 Å². The van der Waals surface area contributed by atoms with Gasteiger partial charge in [0.25, 0.3) is 0 Å². The Morgan fingerprint density at radius 1 is 1.50 bits per heavy atom. The lowest BCUT2D eigenvalue weighted by molar-refractivity contribution is 0.139. The SMILES string of the molecule is COCCN1CCC(N)C1c1cc(F)cc(Cl)c1. The molecule has 0 amide bonds. The Labute approximate surface area is 112 Å². The minimum atomic E-state index is -0.316. The molecule has 100 valence electrons. The van der Waals surface area contributed by atoms with Crippen molar-refractivity contribution < 1.29 is 9.13 Å². The van der Waals surface area contributed by atoms with Crippen molar-refractivity contribution >= 4 is 11.6 Å². The second-order valence-electron chi connectivity index (χ2n) is 4.63. The van der Waals surface area contributed by atoms with Crippen molar-refractivity contribution in [3.63, 3.8) is 0 Å². The zero-order valence-electron chi connectivity index (χ0n) is 10.4. The van der Waals surface area contributed by atoms with Crippen LogP contribution in [0.15, 0.2) is 18.2 Å². The number of nitrogens with zero attached hydrogens (tertiary/aromatic N) is 1. The van der Waals surface area contributed by atoms with E-state index in [1.807, 2.05) is 0 Å². The standard InChI is InChI=1S/C13H18ClFN2O/c1-18-5-4-17-3-2-12(16)13(17)9-6-10(14)8-11(15)7-9/h6-8,12-13H,2-5,16H2,1H3. The third-order valence-corrected chi connectivity index (χ3v) is 3.58. The average molecular weight is 273 g/mol. The van der Waals surface area contributed by atoms with Gasteiger partial charge in [0.2, 0.25) is 0 Å². The summed E-state index contributed by atoms with van der Waals surface area (Å²) in [7, 11) is 1.67. The molecule has 2 N–H and O–H groups in total. The molecule has 1 aromatic carbocycles. The van der Waals surface area contributed by atoms with Gasteiger partial charge in [-0.3, -0.25) is 4.90 Å². The monoisotopic (exact) mass is 272 g/mol. The Balaban J connectivity index is 2.22. The third-order valence-electron chi connectivity index (χ3n) is 3.36. The molecule has 0 aromatic heterocycles. The number of likely N-dealkylation sites (tertiary alicyclic amines) is 1. The highest BCUT2D eigenvalue weighted by Crippen LogP contribution is 2.32. The molecule has 0 aliphatic carbocycles. The number of halogens is 2. The first kappa shape index (κ1) is 13.7. The summed E-state index contributed by atoms with van der Waals surface area (Å²) in [5.74, 6) is -0.316. The summed E-state index contributed by atoms with van der Waals surface area (Å²) in [4.78, 5) is 2.22. The van der Waals surface area contributed by atoms with Gasteiger partial charge in [0.15, 0.2) is 0 Å². The summed E-state index contributed by atoms with van der Waals surface area (Å²) in [6.07, 6.45) is 0.905. The summed E-state index contributed by atoms with van der Waals surface area (Å²) >= 11 is 5.90. The molecule has 3 nitrogen and oxygen atoms in total. The van der Waals surface area contributed by atoms with Gasteiger partial charge in [-0.15, -0.1) is 0 Å². The highest BCUT2D eigenvalue weighted by molar-refractivity contribution is 6.30. The molecule has 2 rings (SSSR count). The summed E-state index contributed by atoms with van der Waals surface area (Å²) in [5, 5.41) is 0.413. The van der Waals surface area contributed by atoms with Gasteiger partial charge in [-0.2, -0.15) is 0 Å². The van der Waals surface area contributed by atoms with E-state index in [9.17, 15) is 4.39 Å². The normalized spacial score (nSPS) is 24.7. The van der Waals surface area contributed by atoms with Crippen LogP contribution in [0.4, 0.5) is 4.39 Å². The zero-order valence-corrected chi connectivity index (χ0v) is 11.2. The second kappa shape index (κ2) is 5.97. The molecule has 18 heavy (non-hydrogen) atoms. The lowest BCUT2D eigenvalue weighted by atomic mass is 10.0. The van der Waals surface area contributed by atoms with Crippen molar-refractivity contribution in [1.82, 2.24) is 4.90 Å². The van der Waals surface area contributed by atoms with Crippen LogP contribution >= 0.6 is 11.6 Å². The molecule has 0 saturated carbocycles. The zero-order chi connectivity index (χ0) is 13.1. The van der Waals surface area contributed by atoms with Crippen LogP contribution in [0, 0.1) is 5.82 Å². The highest BCUT2D eigenvalue weighted by Gasteiger charge is 2.32. The van der Waals surface area contributed by atoms with Crippen molar-refractivity contribution in [2.45, 2.75) is 18.5 Å². The van der Waals surface area contributed by atoms with Crippen molar-refractivity contribution in [1.29, 1.82) is 0 Å². The number of hydrogen-bond donors (Lipinski definition) is 1. The van der Waals surface area contributed by atoms with Gasteiger partial charge in [-0.25, -0.2) is 4.39 Å². The molecule has 1 aliphatic rings. The lowest BCUT2D eigenvalue weighted by Gasteiger charge is -2.27. The van der Waals surface area contributed by atoms with Crippen molar-refractivity contribution in [3.05, 3.63) is 34.6 Å². The molecule has 1 fully saturated rings. The predicted octanol–water partition coefficient (Wildman–Crippen LogP) is 2.20. The van der Waals surface area contributed by atoms with E-state index in [1.54, 1.807) is 13.2 Å². The minimum Gasteiger partial charge on any atom is -0.383 e. The van der Waals surface area contributed by atoms with E-state index in [0.717, 1.165) is 25.1 Å². The van der Waals surface area contributed by atoms with Crippen LogP contribution in [-0.2, 0) is 4.74 Å². The van der Waals surface area contributed by atoms with E-state index in [4.69, 9.17) is 22.1 Å². The van der Waals surface area contributed by atoms with Crippen LogP contribution in [0.5, 0.6) is 0 Å². The molecule has 1 heterocycles. The van der Waals surface area contributed by atoms with E-state index < -0.39 is 0 Å². The molecule has 5 heteroatoms. The molecule has 2 atom stereocenters. The molecule has 0 radical (unpaired) electrons. The van der Waals surface area contributed by atoms with E-state index >= 15 is 0 Å².